The highest BCUT2D eigenvalue weighted by Gasteiger charge is 2.09. The molecule has 0 fully saturated rings. The molecule has 8 heteroatoms. The first kappa shape index (κ1) is 17.9. The fourth-order valence-corrected chi connectivity index (χ4v) is 2.46. The minimum atomic E-state index is -0.501. The molecule has 0 saturated carbocycles. The smallest absolute Gasteiger partial charge is 0.344 e. The van der Waals surface area contributed by atoms with Crippen LogP contribution in [0.4, 0.5) is 15.9 Å². The number of carbonyl (C=O) groups excluding carboxylic acids is 1. The van der Waals surface area contributed by atoms with Crippen molar-refractivity contribution in [3.05, 3.63) is 53.6 Å². The van der Waals surface area contributed by atoms with Crippen molar-refractivity contribution in [3.8, 4) is 5.75 Å². The van der Waals surface area contributed by atoms with E-state index in [9.17, 15) is 9.18 Å². The molecule has 134 valence electrons. The van der Waals surface area contributed by atoms with Crippen LogP contribution in [0.25, 0.3) is 10.9 Å². The standard InChI is InChI=1S/C18H15ClFN3O3/c1-2-25-17(24)9-26-12-4-6-16-13(8-12)18(22-10-21-16)23-11-3-5-15(20)14(19)7-11/h3-8,10H,2,9H2,1H3,(H,21,22,23). The molecule has 1 aromatic heterocycles. The maximum absolute atomic E-state index is 13.3. The number of nitrogens with zero attached hydrogens (tertiary/aromatic N) is 2. The van der Waals surface area contributed by atoms with E-state index in [0.29, 0.717) is 34.8 Å². The molecule has 0 aliphatic heterocycles. The van der Waals surface area contributed by atoms with E-state index in [2.05, 4.69) is 15.3 Å². The minimum Gasteiger partial charge on any atom is -0.482 e. The molecule has 0 bridgehead atoms. The van der Waals surface area contributed by atoms with Crippen LogP contribution in [0.3, 0.4) is 0 Å². The molecule has 0 amide bonds. The Morgan fingerprint density at radius 2 is 2.08 bits per heavy atom. The van der Waals surface area contributed by atoms with Crippen molar-refractivity contribution >= 4 is 40.0 Å². The summed E-state index contributed by atoms with van der Waals surface area (Å²) in [6.07, 6.45) is 1.41. The first-order valence-corrected chi connectivity index (χ1v) is 8.20. The predicted molar refractivity (Wildman–Crippen MR) is 96.4 cm³/mol. The van der Waals surface area contributed by atoms with Crippen molar-refractivity contribution in [2.24, 2.45) is 0 Å². The average Bonchev–Trinajstić information content (AvgIpc) is 2.63. The number of benzene rings is 2. The van der Waals surface area contributed by atoms with Gasteiger partial charge in [0.15, 0.2) is 6.61 Å². The van der Waals surface area contributed by atoms with Crippen LogP contribution in [0, 0.1) is 5.82 Å². The number of ether oxygens (including phenoxy) is 2. The van der Waals surface area contributed by atoms with Crippen molar-refractivity contribution in [2.75, 3.05) is 18.5 Å². The predicted octanol–water partition coefficient (Wildman–Crippen LogP) is 4.11. The van der Waals surface area contributed by atoms with Crippen LogP contribution in [0.5, 0.6) is 5.75 Å². The number of anilines is 2. The fourth-order valence-electron chi connectivity index (χ4n) is 2.28. The van der Waals surface area contributed by atoms with Gasteiger partial charge in [-0.05, 0) is 43.3 Å². The highest BCUT2D eigenvalue weighted by atomic mass is 35.5. The molecule has 0 unspecified atom stereocenters. The second-order valence-electron chi connectivity index (χ2n) is 5.25. The molecule has 1 N–H and O–H groups in total. The molecule has 0 atom stereocenters. The molecule has 1 heterocycles. The summed E-state index contributed by atoms with van der Waals surface area (Å²) in [7, 11) is 0. The molecule has 26 heavy (non-hydrogen) atoms. The van der Waals surface area contributed by atoms with E-state index < -0.39 is 11.8 Å². The van der Waals surface area contributed by atoms with Gasteiger partial charge in [0.25, 0.3) is 0 Å². The van der Waals surface area contributed by atoms with Crippen LogP contribution < -0.4 is 10.1 Å². The Balaban J connectivity index is 1.86. The Labute approximate surface area is 153 Å². The molecular weight excluding hydrogens is 361 g/mol. The Morgan fingerprint density at radius 1 is 1.23 bits per heavy atom. The second kappa shape index (κ2) is 7.97. The lowest BCUT2D eigenvalue weighted by Gasteiger charge is -2.11. The molecule has 0 aliphatic rings. The van der Waals surface area contributed by atoms with E-state index in [1.807, 2.05) is 0 Å². The quantitative estimate of drug-likeness (QED) is 0.654. The summed E-state index contributed by atoms with van der Waals surface area (Å²) in [5.74, 6) is 0.0235. The molecule has 0 aliphatic carbocycles. The van der Waals surface area contributed by atoms with Gasteiger partial charge in [0.2, 0.25) is 0 Å². The van der Waals surface area contributed by atoms with Crippen molar-refractivity contribution in [1.82, 2.24) is 9.97 Å². The highest BCUT2D eigenvalue weighted by molar-refractivity contribution is 6.31. The second-order valence-corrected chi connectivity index (χ2v) is 5.66. The van der Waals surface area contributed by atoms with Gasteiger partial charge in [0, 0.05) is 11.1 Å². The Hall–Kier alpha value is -2.93. The molecular formula is C18H15ClFN3O3. The topological polar surface area (TPSA) is 73.3 Å². The lowest BCUT2D eigenvalue weighted by atomic mass is 10.2. The average molecular weight is 376 g/mol. The van der Waals surface area contributed by atoms with Gasteiger partial charge in [-0.25, -0.2) is 19.2 Å². The number of aromatic nitrogens is 2. The van der Waals surface area contributed by atoms with Gasteiger partial charge in [0.05, 0.1) is 17.1 Å². The largest absolute Gasteiger partial charge is 0.482 e. The van der Waals surface area contributed by atoms with Crippen molar-refractivity contribution in [1.29, 1.82) is 0 Å². The third-order valence-corrected chi connectivity index (χ3v) is 3.74. The number of nitrogens with one attached hydrogen (secondary N) is 1. The summed E-state index contributed by atoms with van der Waals surface area (Å²) in [4.78, 5) is 19.8. The summed E-state index contributed by atoms with van der Waals surface area (Å²) < 4.78 is 23.6. The van der Waals surface area contributed by atoms with E-state index in [-0.39, 0.29) is 11.6 Å². The van der Waals surface area contributed by atoms with Gasteiger partial charge in [-0.2, -0.15) is 0 Å². The Bertz CT molecular complexity index is 952. The van der Waals surface area contributed by atoms with E-state index in [4.69, 9.17) is 21.1 Å². The Kier molecular flexibility index (Phi) is 5.48. The van der Waals surface area contributed by atoms with E-state index in [1.165, 1.54) is 18.5 Å². The number of halogens is 2. The van der Waals surface area contributed by atoms with Gasteiger partial charge in [-0.1, -0.05) is 11.6 Å². The van der Waals surface area contributed by atoms with Crippen LogP contribution in [-0.2, 0) is 9.53 Å². The van der Waals surface area contributed by atoms with Crippen molar-refractivity contribution in [2.45, 2.75) is 6.92 Å². The monoisotopic (exact) mass is 375 g/mol. The molecule has 3 aromatic rings. The number of hydrogen-bond acceptors (Lipinski definition) is 6. The van der Waals surface area contributed by atoms with Crippen molar-refractivity contribution < 1.29 is 18.7 Å². The molecule has 3 rings (SSSR count). The zero-order chi connectivity index (χ0) is 18.5. The molecule has 2 aromatic carbocycles. The van der Waals surface area contributed by atoms with Gasteiger partial charge in [0.1, 0.15) is 23.7 Å². The number of fused-ring (bicyclic) bond motifs is 1. The summed E-state index contributed by atoms with van der Waals surface area (Å²) in [5, 5.41) is 3.76. The normalized spacial score (nSPS) is 10.6. The molecule has 0 radical (unpaired) electrons. The van der Waals surface area contributed by atoms with E-state index in [0.717, 1.165) is 0 Å². The van der Waals surface area contributed by atoms with E-state index in [1.54, 1.807) is 31.2 Å². The molecule has 0 saturated heterocycles. The van der Waals surface area contributed by atoms with Gasteiger partial charge < -0.3 is 14.8 Å². The Morgan fingerprint density at radius 3 is 2.85 bits per heavy atom. The summed E-state index contributed by atoms with van der Waals surface area (Å²) in [5.41, 5.74) is 1.26. The first-order valence-electron chi connectivity index (χ1n) is 7.82. The van der Waals surface area contributed by atoms with Crippen LogP contribution in [0.1, 0.15) is 6.92 Å². The summed E-state index contributed by atoms with van der Waals surface area (Å²) in [6, 6.07) is 9.44. The number of esters is 1. The lowest BCUT2D eigenvalue weighted by molar-refractivity contribution is -0.145. The zero-order valence-corrected chi connectivity index (χ0v) is 14.6. The number of carbonyl (C=O) groups is 1. The first-order chi connectivity index (χ1) is 12.6. The lowest BCUT2D eigenvalue weighted by Crippen LogP contribution is -2.14. The van der Waals surface area contributed by atoms with Gasteiger partial charge in [-0.3, -0.25) is 0 Å². The number of rotatable bonds is 6. The maximum Gasteiger partial charge on any atom is 0.344 e. The van der Waals surface area contributed by atoms with Crippen molar-refractivity contribution in [3.63, 3.8) is 0 Å². The fraction of sp³-hybridized carbons (Fsp3) is 0.167. The third-order valence-electron chi connectivity index (χ3n) is 3.45. The van der Waals surface area contributed by atoms with Crippen LogP contribution in [0.2, 0.25) is 5.02 Å². The third kappa shape index (κ3) is 4.18. The maximum atomic E-state index is 13.3. The summed E-state index contributed by atoms with van der Waals surface area (Å²) >= 11 is 5.81. The van der Waals surface area contributed by atoms with E-state index >= 15 is 0 Å². The van der Waals surface area contributed by atoms with Crippen LogP contribution in [0.15, 0.2) is 42.7 Å². The van der Waals surface area contributed by atoms with Gasteiger partial charge in [-0.15, -0.1) is 0 Å². The van der Waals surface area contributed by atoms with Crippen LogP contribution in [-0.4, -0.2) is 29.2 Å². The SMILES string of the molecule is CCOC(=O)COc1ccc2ncnc(Nc3ccc(F)c(Cl)c3)c2c1. The molecule has 0 spiro atoms. The van der Waals surface area contributed by atoms with Crippen LogP contribution >= 0.6 is 11.6 Å². The highest BCUT2D eigenvalue weighted by Crippen LogP contribution is 2.28. The van der Waals surface area contributed by atoms with Gasteiger partial charge >= 0.3 is 5.97 Å². The summed E-state index contributed by atoms with van der Waals surface area (Å²) in [6.45, 7) is 1.83. The zero-order valence-electron chi connectivity index (χ0n) is 13.8. The minimum absolute atomic E-state index is 0.00632. The molecule has 6 nitrogen and oxygen atoms in total. The number of hydrogen-bond donors (Lipinski definition) is 1.